The van der Waals surface area contributed by atoms with E-state index in [0.29, 0.717) is 50.5 Å². The van der Waals surface area contributed by atoms with E-state index in [2.05, 4.69) is 92.6 Å². The number of pyridine rings is 1. The number of nitrogens with zero attached hydrogens (tertiary/aromatic N) is 3. The highest BCUT2D eigenvalue weighted by atomic mass is 16.3. The van der Waals surface area contributed by atoms with Crippen molar-refractivity contribution in [2.75, 3.05) is 0 Å². The summed E-state index contributed by atoms with van der Waals surface area (Å²) < 4.78 is 103. The molecule has 0 bridgehead atoms. The maximum absolute atomic E-state index is 11.9. The summed E-state index contributed by atoms with van der Waals surface area (Å²) in [6, 6.07) is 37.1. The third kappa shape index (κ3) is 9.06. The Morgan fingerprint density at radius 3 is 1.77 bits per heavy atom. The third-order valence-corrected chi connectivity index (χ3v) is 12.4. The van der Waals surface area contributed by atoms with Crippen LogP contribution in [-0.4, -0.2) is 19.6 Å². The molecule has 0 aliphatic rings. The van der Waals surface area contributed by atoms with Crippen LogP contribution in [0.1, 0.15) is 138 Å². The number of phenols is 1. The number of benzene rings is 6. The highest BCUT2D eigenvalue weighted by Gasteiger charge is 2.25. The standard InChI is InChI=1S/C61H67N3O/c1-37-27-39(3)56(65)51(28-37)57-63-55-50(44-30-45(34-47(33-44)59(7,8)9)52-35-42(25-26-62-52)40-19-22-46(23-20-40)58(4,5)6)17-16-18-54(55)64(57)53-24-21-41(29-38(53)2)43-31-48(60(10,11)12)36-49(32-43)61(13,14)15/h16-36,65H,1-15H3/i2D3,4D3,5D3,6D3. The fraction of sp³-hybridized carbons (Fsp3) is 0.311. The summed E-state index contributed by atoms with van der Waals surface area (Å²) >= 11 is 0. The Kier molecular flexibility index (Phi) is 8.13. The van der Waals surface area contributed by atoms with Gasteiger partial charge in [0.1, 0.15) is 11.6 Å². The zero-order valence-corrected chi connectivity index (χ0v) is 39.4. The van der Waals surface area contributed by atoms with E-state index in [1.165, 1.54) is 24.3 Å². The summed E-state index contributed by atoms with van der Waals surface area (Å²) in [6.07, 6.45) is 1.64. The minimum Gasteiger partial charge on any atom is -0.507 e. The zero-order chi connectivity index (χ0) is 57.0. The van der Waals surface area contributed by atoms with E-state index >= 15 is 0 Å². The van der Waals surface area contributed by atoms with Gasteiger partial charge in [-0.15, -0.1) is 0 Å². The van der Waals surface area contributed by atoms with Crippen molar-refractivity contribution >= 4 is 11.0 Å². The molecule has 332 valence electrons. The van der Waals surface area contributed by atoms with Crippen LogP contribution in [0, 0.1) is 20.7 Å². The Balaban J connectivity index is 1.34. The van der Waals surface area contributed by atoms with E-state index < -0.39 is 32.8 Å². The van der Waals surface area contributed by atoms with Gasteiger partial charge in [0.15, 0.2) is 0 Å². The molecular formula is C61H67N3O. The second-order valence-corrected chi connectivity index (χ2v) is 20.8. The van der Waals surface area contributed by atoms with Gasteiger partial charge in [0.2, 0.25) is 0 Å². The molecule has 1 N–H and O–H groups in total. The van der Waals surface area contributed by atoms with Crippen molar-refractivity contribution in [2.24, 2.45) is 0 Å². The highest BCUT2D eigenvalue weighted by Crippen LogP contribution is 2.43. The van der Waals surface area contributed by atoms with Gasteiger partial charge in [-0.1, -0.05) is 156 Å². The van der Waals surface area contributed by atoms with Crippen LogP contribution in [0.25, 0.3) is 72.7 Å². The number of imidazole rings is 1. The summed E-state index contributed by atoms with van der Waals surface area (Å²) in [7, 11) is 0. The Morgan fingerprint density at radius 2 is 1.12 bits per heavy atom. The van der Waals surface area contributed by atoms with Crippen LogP contribution in [0.4, 0.5) is 0 Å². The summed E-state index contributed by atoms with van der Waals surface area (Å²) in [6.45, 7) is 10.4. The van der Waals surface area contributed by atoms with E-state index in [9.17, 15) is 5.11 Å². The molecule has 0 spiro atoms. The van der Waals surface area contributed by atoms with Crippen LogP contribution in [0.3, 0.4) is 0 Å². The van der Waals surface area contributed by atoms with Crippen LogP contribution in [0.2, 0.25) is 0 Å². The molecule has 0 fully saturated rings. The fourth-order valence-corrected chi connectivity index (χ4v) is 8.50. The SMILES string of the molecule is [2H]C([2H])([2H])c1cc(-c2cc(C(C)(C)C)cc(C(C)(C)C)c2)ccc1-n1c(-c2cc(C)cc(C)c2O)nc2c(-c3cc(-c4cc(-c5ccc(C(C([2H])([2H])[2H])(C([2H])([2H])[2H])C([2H])([2H])[2H])cc5)ccn4)cc(C(C)(C)C)c3)cccc21. The van der Waals surface area contributed by atoms with Gasteiger partial charge in [-0.25, -0.2) is 4.98 Å². The molecule has 4 heteroatoms. The van der Waals surface area contributed by atoms with Crippen molar-refractivity contribution in [1.29, 1.82) is 0 Å². The molecule has 2 heterocycles. The van der Waals surface area contributed by atoms with Crippen LogP contribution < -0.4 is 0 Å². The summed E-state index contributed by atoms with van der Waals surface area (Å²) in [4.78, 5) is 10.2. The number of hydrogen-bond acceptors (Lipinski definition) is 3. The van der Waals surface area contributed by atoms with Crippen LogP contribution in [-0.2, 0) is 21.7 Å². The summed E-state index contributed by atoms with van der Waals surface area (Å²) in [5, 5.41) is 11.9. The van der Waals surface area contributed by atoms with E-state index in [-0.39, 0.29) is 33.1 Å². The number of aromatic hydroxyl groups is 1. The molecule has 0 amide bonds. The lowest BCUT2D eigenvalue weighted by molar-refractivity contribution is 0.472. The van der Waals surface area contributed by atoms with Gasteiger partial charge < -0.3 is 5.11 Å². The summed E-state index contributed by atoms with van der Waals surface area (Å²) in [5.74, 6) is 0.388. The van der Waals surface area contributed by atoms with Gasteiger partial charge in [-0.3, -0.25) is 9.55 Å². The largest absolute Gasteiger partial charge is 0.507 e. The molecule has 65 heavy (non-hydrogen) atoms. The molecule has 0 aliphatic carbocycles. The molecule has 0 atom stereocenters. The average Bonchev–Trinajstić information content (AvgIpc) is 3.70. The van der Waals surface area contributed by atoms with Crippen LogP contribution in [0.5, 0.6) is 5.75 Å². The van der Waals surface area contributed by atoms with Crippen molar-refractivity contribution < 1.29 is 21.6 Å². The Labute approximate surface area is 405 Å². The van der Waals surface area contributed by atoms with Gasteiger partial charge in [-0.2, -0.15) is 0 Å². The van der Waals surface area contributed by atoms with Gasteiger partial charge in [0, 0.05) is 33.8 Å². The average molecular weight is 870 g/mol. The lowest BCUT2D eigenvalue weighted by Crippen LogP contribution is -2.16. The zero-order valence-electron chi connectivity index (χ0n) is 51.4. The normalized spacial score (nSPS) is 16.1. The Hall–Kier alpha value is -6.26. The van der Waals surface area contributed by atoms with E-state index in [1.54, 1.807) is 18.3 Å². The minimum atomic E-state index is -3.39. The predicted molar refractivity (Wildman–Crippen MR) is 277 cm³/mol. The van der Waals surface area contributed by atoms with Crippen molar-refractivity contribution in [3.05, 3.63) is 166 Å². The number of para-hydroxylation sites is 1. The first kappa shape index (κ1) is 32.4. The maximum Gasteiger partial charge on any atom is 0.149 e. The van der Waals surface area contributed by atoms with Gasteiger partial charge in [-0.05, 0) is 158 Å². The van der Waals surface area contributed by atoms with Crippen molar-refractivity contribution in [3.63, 3.8) is 0 Å². The van der Waals surface area contributed by atoms with E-state index in [0.717, 1.165) is 50.1 Å². The maximum atomic E-state index is 11.9. The number of rotatable bonds is 6. The molecule has 0 saturated carbocycles. The number of fused-ring (bicyclic) bond motifs is 1. The predicted octanol–water partition coefficient (Wildman–Crippen LogP) is 16.6. The van der Waals surface area contributed by atoms with E-state index in [4.69, 9.17) is 26.4 Å². The molecule has 8 aromatic rings. The highest BCUT2D eigenvalue weighted by molar-refractivity contribution is 5.97. The van der Waals surface area contributed by atoms with Crippen LogP contribution in [0.15, 0.2) is 128 Å². The lowest BCUT2D eigenvalue weighted by atomic mass is 9.79. The monoisotopic (exact) mass is 870 g/mol. The van der Waals surface area contributed by atoms with E-state index in [1.807, 2.05) is 73.0 Å². The molecule has 0 aliphatic heterocycles. The lowest BCUT2D eigenvalue weighted by Gasteiger charge is -2.26. The topological polar surface area (TPSA) is 50.9 Å². The molecular weight excluding hydrogens is 791 g/mol. The quantitative estimate of drug-likeness (QED) is 0.181. The Morgan fingerprint density at radius 1 is 0.508 bits per heavy atom. The molecule has 8 rings (SSSR count). The van der Waals surface area contributed by atoms with Gasteiger partial charge in [0.05, 0.1) is 28.0 Å². The molecule has 0 radical (unpaired) electrons. The van der Waals surface area contributed by atoms with Crippen molar-refractivity contribution in [2.45, 2.75) is 125 Å². The third-order valence-electron chi connectivity index (χ3n) is 12.4. The first-order valence-corrected chi connectivity index (χ1v) is 22.2. The molecule has 6 aromatic carbocycles. The second kappa shape index (κ2) is 16.3. The van der Waals surface area contributed by atoms with Crippen molar-refractivity contribution in [3.8, 4) is 67.5 Å². The van der Waals surface area contributed by atoms with Crippen molar-refractivity contribution in [1.82, 2.24) is 14.5 Å². The first-order valence-electron chi connectivity index (χ1n) is 28.2. The smallest absolute Gasteiger partial charge is 0.149 e. The minimum absolute atomic E-state index is 0.0261. The van der Waals surface area contributed by atoms with Crippen LogP contribution >= 0.6 is 0 Å². The first-order chi connectivity index (χ1) is 35.3. The number of phenolic OH excluding ortho intramolecular Hbond substituents is 1. The number of hydrogen-bond donors (Lipinski definition) is 1. The molecule has 0 unspecified atom stereocenters. The fourth-order valence-electron chi connectivity index (χ4n) is 8.50. The Bertz CT molecular complexity index is 3490. The molecule has 4 nitrogen and oxygen atoms in total. The van der Waals surface area contributed by atoms with Gasteiger partial charge >= 0.3 is 0 Å². The summed E-state index contributed by atoms with van der Waals surface area (Å²) in [5.41, 5.74) is 8.55. The number of aryl methyl sites for hydroxylation is 3. The van der Waals surface area contributed by atoms with Gasteiger partial charge in [0.25, 0.3) is 0 Å². The number of aromatic nitrogens is 3. The molecule has 0 saturated heterocycles. The second-order valence-electron chi connectivity index (χ2n) is 20.8. The molecule has 2 aromatic heterocycles.